The molecule has 0 saturated carbocycles. The number of carbonyl (C=O) groups is 2. The number of benzene rings is 2. The molecule has 0 aliphatic carbocycles. The molecule has 2 aromatic carbocycles. The van der Waals surface area contributed by atoms with Crippen LogP contribution in [-0.2, 0) is 0 Å². The van der Waals surface area contributed by atoms with E-state index >= 15 is 0 Å². The Labute approximate surface area is 126 Å². The van der Waals surface area contributed by atoms with Crippen molar-refractivity contribution in [1.29, 1.82) is 0 Å². The van der Waals surface area contributed by atoms with Crippen LogP contribution in [0.3, 0.4) is 0 Å². The number of hydrogen-bond donors (Lipinski definition) is 0. The van der Waals surface area contributed by atoms with Crippen LogP contribution in [0.25, 0.3) is 11.0 Å². The summed E-state index contributed by atoms with van der Waals surface area (Å²) < 4.78 is 1.45. The zero-order chi connectivity index (χ0) is 15.3. The molecule has 1 N–H and O–H groups in total. The average molecular weight is 291 g/mol. The molecule has 4 rings (SSSR count). The van der Waals surface area contributed by atoms with Gasteiger partial charge in [-0.1, -0.05) is 29.8 Å². The number of nitrogens with one attached hydrogen (secondary N) is 1. The molecule has 22 heavy (non-hydrogen) atoms. The predicted molar refractivity (Wildman–Crippen MR) is 79.5 cm³/mol. The summed E-state index contributed by atoms with van der Waals surface area (Å²) in [5.41, 5.74) is 3.48. The molecule has 0 unspecified atom stereocenters. The van der Waals surface area contributed by atoms with E-state index in [4.69, 9.17) is 0 Å². The number of imide groups is 1. The number of aryl methyl sites for hydroxylation is 1. The third-order valence-corrected chi connectivity index (χ3v) is 3.85. The summed E-state index contributed by atoms with van der Waals surface area (Å²) in [7, 11) is 0. The second kappa shape index (κ2) is 4.46. The first-order valence-electron chi connectivity index (χ1n) is 6.98. The average Bonchev–Trinajstić information content (AvgIpc) is 2.80. The van der Waals surface area contributed by atoms with E-state index < -0.39 is 0 Å². The van der Waals surface area contributed by atoms with E-state index in [0.717, 1.165) is 11.1 Å². The molecule has 5 nitrogen and oxygen atoms in total. The monoisotopic (exact) mass is 291 g/mol. The van der Waals surface area contributed by atoms with Crippen LogP contribution < -0.4 is 14.5 Å². The highest BCUT2D eigenvalue weighted by atomic mass is 16.2. The quantitative estimate of drug-likeness (QED) is 0.643. The molecular formula is C17H13N3O2+2. The minimum absolute atomic E-state index is 0.323. The lowest BCUT2D eigenvalue weighted by Crippen LogP contribution is -2.47. The van der Waals surface area contributed by atoms with Crippen molar-refractivity contribution in [3.63, 3.8) is 0 Å². The molecular weight excluding hydrogens is 278 g/mol. The molecule has 0 spiro atoms. The number of carbonyl (C=O) groups excluding carboxylic acids is 2. The fourth-order valence-electron chi connectivity index (χ4n) is 2.72. The molecule has 106 valence electrons. The summed E-state index contributed by atoms with van der Waals surface area (Å²) in [6, 6.07) is 14.4. The molecule has 5 heteroatoms. The van der Waals surface area contributed by atoms with Gasteiger partial charge in [-0.2, -0.15) is 4.79 Å². The van der Waals surface area contributed by atoms with Crippen molar-refractivity contribution >= 4 is 28.7 Å². The van der Waals surface area contributed by atoms with Gasteiger partial charge in [-0.25, -0.2) is 9.78 Å². The number of nitrogens with zero attached hydrogens (tertiary/aromatic N) is 2. The SMILES string of the molecule is Cc1ccc(N2C(=O)c3c[nH+]c4ccccc4[n+]3C2=O)cc1. The largest absolute Gasteiger partial charge is 0.512 e. The van der Waals surface area contributed by atoms with E-state index in [0.29, 0.717) is 16.9 Å². The summed E-state index contributed by atoms with van der Waals surface area (Å²) in [6.07, 6.45) is 1.58. The number of rotatable bonds is 1. The number of amides is 2. The number of aromatic amines is 1. The van der Waals surface area contributed by atoms with Gasteiger partial charge in [0.1, 0.15) is 5.69 Å². The van der Waals surface area contributed by atoms with Gasteiger partial charge in [-0.15, -0.1) is 9.47 Å². The topological polar surface area (TPSA) is 55.4 Å². The van der Waals surface area contributed by atoms with E-state index in [-0.39, 0.29) is 11.9 Å². The molecule has 0 radical (unpaired) electrons. The molecule has 0 bridgehead atoms. The summed E-state index contributed by atoms with van der Waals surface area (Å²) >= 11 is 0. The van der Waals surface area contributed by atoms with Crippen molar-refractivity contribution in [2.45, 2.75) is 6.92 Å². The van der Waals surface area contributed by atoms with Gasteiger partial charge in [-0.05, 0) is 25.1 Å². The molecule has 3 aromatic rings. The third-order valence-electron chi connectivity index (χ3n) is 3.85. The van der Waals surface area contributed by atoms with Crippen molar-refractivity contribution in [1.82, 2.24) is 0 Å². The zero-order valence-electron chi connectivity index (χ0n) is 11.9. The maximum absolute atomic E-state index is 12.8. The van der Waals surface area contributed by atoms with Crippen molar-refractivity contribution in [2.24, 2.45) is 0 Å². The highest BCUT2D eigenvalue weighted by Gasteiger charge is 2.49. The van der Waals surface area contributed by atoms with Crippen molar-refractivity contribution in [3.8, 4) is 0 Å². The lowest BCUT2D eigenvalue weighted by Gasteiger charge is -2.04. The second-order valence-corrected chi connectivity index (χ2v) is 5.29. The number of aromatic nitrogens is 2. The Bertz CT molecular complexity index is 932. The maximum Gasteiger partial charge on any atom is 0.512 e. The predicted octanol–water partition coefficient (Wildman–Crippen LogP) is 1.88. The van der Waals surface area contributed by atoms with Crippen molar-refractivity contribution in [3.05, 3.63) is 66.0 Å². The van der Waals surface area contributed by atoms with E-state index in [2.05, 4.69) is 4.98 Å². The lowest BCUT2D eigenvalue weighted by molar-refractivity contribution is -0.551. The summed E-state index contributed by atoms with van der Waals surface area (Å²) in [5.74, 6) is -0.323. The Balaban J connectivity index is 1.93. The number of H-pyrrole nitrogens is 1. The molecule has 0 atom stereocenters. The number of fused-ring (bicyclic) bond motifs is 3. The molecule has 2 heterocycles. The minimum Gasteiger partial charge on any atom is -0.236 e. The first-order chi connectivity index (χ1) is 10.7. The van der Waals surface area contributed by atoms with Crippen LogP contribution >= 0.6 is 0 Å². The Morgan fingerprint density at radius 2 is 1.73 bits per heavy atom. The van der Waals surface area contributed by atoms with Crippen LogP contribution in [0.15, 0.2) is 54.7 Å². The van der Waals surface area contributed by atoms with Crippen LogP contribution in [0, 0.1) is 6.92 Å². The lowest BCUT2D eigenvalue weighted by atomic mass is 10.2. The Kier molecular flexibility index (Phi) is 2.56. The Hall–Kier alpha value is -3.08. The summed E-state index contributed by atoms with van der Waals surface area (Å²) in [5, 5.41) is 0. The van der Waals surface area contributed by atoms with Gasteiger partial charge >= 0.3 is 11.9 Å². The maximum atomic E-state index is 12.8. The van der Waals surface area contributed by atoms with Gasteiger partial charge in [0.2, 0.25) is 11.7 Å². The van der Waals surface area contributed by atoms with Gasteiger partial charge in [0.15, 0.2) is 0 Å². The first kappa shape index (κ1) is 12.6. The van der Waals surface area contributed by atoms with Crippen LogP contribution in [0.5, 0.6) is 0 Å². The molecule has 1 aromatic heterocycles. The smallest absolute Gasteiger partial charge is 0.236 e. The first-order valence-corrected chi connectivity index (χ1v) is 6.98. The molecule has 2 amide bonds. The van der Waals surface area contributed by atoms with Gasteiger partial charge in [0.05, 0.1) is 0 Å². The summed E-state index contributed by atoms with van der Waals surface area (Å²) in [4.78, 5) is 29.6. The standard InChI is InChI=1S/C17H12N3O2/c1-11-6-8-12(9-7-11)19-16(21)15-10-18-13-4-2-3-5-14(13)20(15)17(19)22/h2-10H,1H3/q+1/p+1. The zero-order valence-corrected chi connectivity index (χ0v) is 11.9. The normalized spacial score (nSPS) is 13.8. The number of para-hydroxylation sites is 2. The van der Waals surface area contributed by atoms with Crippen LogP contribution in [0.4, 0.5) is 10.5 Å². The van der Waals surface area contributed by atoms with E-state index in [1.165, 1.54) is 9.47 Å². The highest BCUT2D eigenvalue weighted by Crippen LogP contribution is 2.21. The van der Waals surface area contributed by atoms with Crippen molar-refractivity contribution < 1.29 is 19.1 Å². The third kappa shape index (κ3) is 1.65. The molecule has 1 aliphatic rings. The number of hydrogen-bond acceptors (Lipinski definition) is 2. The number of anilines is 1. The van der Waals surface area contributed by atoms with Gasteiger partial charge in [-0.3, -0.25) is 0 Å². The molecule has 1 aliphatic heterocycles. The summed E-state index contributed by atoms with van der Waals surface area (Å²) in [6.45, 7) is 1.96. The second-order valence-electron chi connectivity index (χ2n) is 5.29. The van der Waals surface area contributed by atoms with Gasteiger partial charge < -0.3 is 0 Å². The Morgan fingerprint density at radius 1 is 1.00 bits per heavy atom. The van der Waals surface area contributed by atoms with Gasteiger partial charge in [0, 0.05) is 6.07 Å². The van der Waals surface area contributed by atoms with E-state index in [9.17, 15) is 9.59 Å². The molecule has 0 fully saturated rings. The Morgan fingerprint density at radius 3 is 2.50 bits per heavy atom. The van der Waals surface area contributed by atoms with E-state index in [1.54, 1.807) is 18.3 Å². The van der Waals surface area contributed by atoms with Crippen LogP contribution in [0.2, 0.25) is 0 Å². The van der Waals surface area contributed by atoms with Crippen molar-refractivity contribution in [2.75, 3.05) is 4.90 Å². The van der Waals surface area contributed by atoms with Crippen LogP contribution in [0.1, 0.15) is 16.1 Å². The minimum atomic E-state index is -0.353. The fraction of sp³-hybridized carbons (Fsp3) is 0.0588. The molecule has 0 saturated heterocycles. The van der Waals surface area contributed by atoms with Crippen LogP contribution in [-0.4, -0.2) is 11.9 Å². The van der Waals surface area contributed by atoms with Gasteiger partial charge in [0.25, 0.3) is 11.2 Å². The van der Waals surface area contributed by atoms with E-state index in [1.807, 2.05) is 43.3 Å². The fourth-order valence-corrected chi connectivity index (χ4v) is 2.72. The highest BCUT2D eigenvalue weighted by molar-refractivity contribution is 6.21.